The molecule has 8 aromatic carbocycles. The minimum Gasteiger partial charge on any atom is -0.494 e. The van der Waals surface area contributed by atoms with Crippen molar-refractivity contribution in [2.75, 3.05) is 40.6 Å². The molecule has 0 aliphatic rings. The van der Waals surface area contributed by atoms with Crippen LogP contribution in [0.1, 0.15) is 336 Å². The van der Waals surface area contributed by atoms with Crippen molar-refractivity contribution in [3.05, 3.63) is 220 Å². The molecular formula is C112H158N2O16. The Hall–Kier alpha value is -10.2. The number of carbonyl (C=O) groups excluding carboxylic acids is 3. The van der Waals surface area contributed by atoms with E-state index >= 15 is 0 Å². The molecule has 8 rings (SSSR count). The van der Waals surface area contributed by atoms with Crippen molar-refractivity contribution in [3.63, 3.8) is 0 Å². The SMILES string of the molecule is CCCCCCCCCCCCOc1ccc(COc2ccc(COc3cc(COc4ccc(CC(NC(=O)OC)C(=O)NC(C)C(=O)OC)cc4)cc(OCc4ccc(OCc5ccc(OCCCCCCCCCCCC)cc5)c(OCc5ccc(OCCCCCCCCCCCC)cc5)c4)c3)cc2OCc2ccc(OCCCCCCCCCCCC)cc2)cc1. The van der Waals surface area contributed by atoms with E-state index in [1.165, 1.54) is 252 Å². The second-order valence-corrected chi connectivity index (χ2v) is 34.9. The van der Waals surface area contributed by atoms with Crippen molar-refractivity contribution in [2.45, 2.75) is 356 Å². The Bertz CT molecular complexity index is 4070. The Kier molecular flexibility index (Phi) is 53.5. The van der Waals surface area contributed by atoms with Gasteiger partial charge >= 0.3 is 12.1 Å². The number of unbranched alkanes of at least 4 members (excludes halogenated alkanes) is 36. The van der Waals surface area contributed by atoms with Crippen LogP contribution in [0, 0.1) is 0 Å². The van der Waals surface area contributed by atoms with Crippen LogP contribution in [0.2, 0.25) is 0 Å². The molecule has 2 amide bonds. The number of alkyl carbamates (subject to hydrolysis) is 1. The van der Waals surface area contributed by atoms with E-state index in [1.807, 2.05) is 115 Å². The van der Waals surface area contributed by atoms with E-state index in [-0.39, 0.29) is 39.5 Å². The van der Waals surface area contributed by atoms with Crippen LogP contribution in [0.3, 0.4) is 0 Å². The van der Waals surface area contributed by atoms with Gasteiger partial charge in [-0.1, -0.05) is 332 Å². The summed E-state index contributed by atoms with van der Waals surface area (Å²) in [6.07, 6.45) is 50.3. The van der Waals surface area contributed by atoms with Gasteiger partial charge in [0.1, 0.15) is 98.6 Å². The van der Waals surface area contributed by atoms with Crippen molar-refractivity contribution in [3.8, 4) is 63.2 Å². The zero-order chi connectivity index (χ0) is 91.7. The normalized spacial score (nSPS) is 11.6. The first-order valence-corrected chi connectivity index (χ1v) is 49.9. The fraction of sp³-hybridized carbons (Fsp3) is 0.545. The van der Waals surface area contributed by atoms with Gasteiger partial charge in [0.25, 0.3) is 0 Å². The molecule has 18 nitrogen and oxygen atoms in total. The monoisotopic (exact) mass is 1790 g/mol. The molecule has 0 saturated carbocycles. The van der Waals surface area contributed by atoms with Gasteiger partial charge in [-0.05, 0) is 174 Å². The zero-order valence-electron chi connectivity index (χ0n) is 80.2. The van der Waals surface area contributed by atoms with E-state index in [0.717, 1.165) is 87.6 Å². The summed E-state index contributed by atoms with van der Waals surface area (Å²) in [6.45, 7) is 15.0. The fourth-order valence-electron chi connectivity index (χ4n) is 15.5. The van der Waals surface area contributed by atoms with Crippen LogP contribution in [-0.2, 0) is 71.7 Å². The Morgan fingerprint density at radius 1 is 0.238 bits per heavy atom. The number of hydrogen-bond acceptors (Lipinski definition) is 16. The first-order chi connectivity index (χ1) is 63.9. The second kappa shape index (κ2) is 66.2. The minimum absolute atomic E-state index is 0.0859. The number of methoxy groups -OCH3 is 2. The lowest BCUT2D eigenvalue weighted by Crippen LogP contribution is -2.51. The molecule has 0 aliphatic carbocycles. The van der Waals surface area contributed by atoms with Crippen LogP contribution in [0.5, 0.6) is 63.2 Å². The second-order valence-electron chi connectivity index (χ2n) is 34.9. The lowest BCUT2D eigenvalue weighted by atomic mass is 10.0. The number of ether oxygens (including phenoxy) is 13. The topological polar surface area (TPSA) is 195 Å². The van der Waals surface area contributed by atoms with Crippen molar-refractivity contribution < 1.29 is 76.0 Å². The molecule has 2 N–H and O–H groups in total. The molecule has 0 radical (unpaired) electrons. The van der Waals surface area contributed by atoms with Gasteiger partial charge in [0.15, 0.2) is 23.0 Å². The third-order valence-electron chi connectivity index (χ3n) is 23.6. The van der Waals surface area contributed by atoms with Gasteiger partial charge in [-0.25, -0.2) is 9.59 Å². The first-order valence-electron chi connectivity index (χ1n) is 49.9. The molecule has 130 heavy (non-hydrogen) atoms. The molecule has 0 saturated heterocycles. The number of carbonyl (C=O) groups is 3. The highest BCUT2D eigenvalue weighted by atomic mass is 16.5. The number of hydrogen-bond donors (Lipinski definition) is 2. The largest absolute Gasteiger partial charge is 0.494 e. The number of amides is 2. The number of esters is 1. The van der Waals surface area contributed by atoms with Gasteiger partial charge in [-0.3, -0.25) is 4.79 Å². The molecule has 712 valence electrons. The van der Waals surface area contributed by atoms with Gasteiger partial charge in [-0.2, -0.15) is 0 Å². The number of rotatable bonds is 75. The molecule has 18 heteroatoms. The molecule has 0 spiro atoms. The average molecular weight is 1790 g/mol. The molecule has 0 fully saturated rings. The van der Waals surface area contributed by atoms with Crippen LogP contribution in [-0.4, -0.2) is 70.7 Å². The number of nitrogens with one attached hydrogen (secondary N) is 2. The van der Waals surface area contributed by atoms with Gasteiger partial charge in [-0.15, -0.1) is 0 Å². The Balaban J connectivity index is 0.987. The van der Waals surface area contributed by atoms with E-state index in [1.54, 1.807) is 12.1 Å². The molecular weight excluding hydrogens is 1630 g/mol. The summed E-state index contributed by atoms with van der Waals surface area (Å²) in [5.41, 5.74) is 7.10. The van der Waals surface area contributed by atoms with E-state index in [0.29, 0.717) is 85.5 Å². The fourth-order valence-corrected chi connectivity index (χ4v) is 15.5. The minimum atomic E-state index is -1.07. The Morgan fingerprint density at radius 3 is 0.792 bits per heavy atom. The third-order valence-corrected chi connectivity index (χ3v) is 23.6. The first kappa shape index (κ1) is 105. The summed E-state index contributed by atoms with van der Waals surface area (Å²) >= 11 is 0. The summed E-state index contributed by atoms with van der Waals surface area (Å²) in [7, 11) is 2.46. The quantitative estimate of drug-likeness (QED) is 0.0270. The van der Waals surface area contributed by atoms with Gasteiger partial charge in [0.05, 0.1) is 40.6 Å². The summed E-state index contributed by atoms with van der Waals surface area (Å²) in [5.74, 6) is 6.07. The van der Waals surface area contributed by atoms with Crippen molar-refractivity contribution in [2.24, 2.45) is 0 Å². The highest BCUT2D eigenvalue weighted by Crippen LogP contribution is 2.36. The number of benzene rings is 8. The maximum Gasteiger partial charge on any atom is 0.407 e. The van der Waals surface area contributed by atoms with E-state index in [9.17, 15) is 14.4 Å². The summed E-state index contributed by atoms with van der Waals surface area (Å²) in [6, 6.07) is 55.4. The predicted octanol–water partition coefficient (Wildman–Crippen LogP) is 28.9. The molecule has 2 atom stereocenters. The zero-order valence-corrected chi connectivity index (χ0v) is 80.2. The van der Waals surface area contributed by atoms with Gasteiger partial charge in [0, 0.05) is 12.5 Å². The summed E-state index contributed by atoms with van der Waals surface area (Å²) in [4.78, 5) is 38.2. The van der Waals surface area contributed by atoms with Gasteiger partial charge < -0.3 is 72.2 Å². The van der Waals surface area contributed by atoms with Crippen molar-refractivity contribution >= 4 is 18.0 Å². The third kappa shape index (κ3) is 45.1. The Morgan fingerprint density at radius 2 is 0.492 bits per heavy atom. The lowest BCUT2D eigenvalue weighted by Gasteiger charge is -2.20. The smallest absolute Gasteiger partial charge is 0.407 e. The lowest BCUT2D eigenvalue weighted by molar-refractivity contribution is -0.144. The van der Waals surface area contributed by atoms with E-state index in [4.69, 9.17) is 61.6 Å². The van der Waals surface area contributed by atoms with Crippen LogP contribution >= 0.6 is 0 Å². The molecule has 0 aromatic heterocycles. The van der Waals surface area contributed by atoms with Gasteiger partial charge in [0.2, 0.25) is 5.91 Å². The van der Waals surface area contributed by atoms with E-state index < -0.39 is 30.1 Å². The average Bonchev–Trinajstić information content (AvgIpc) is 0.871. The Labute approximate surface area is 780 Å². The molecule has 0 aliphatic heterocycles. The maximum atomic E-state index is 13.4. The predicted molar refractivity (Wildman–Crippen MR) is 524 cm³/mol. The van der Waals surface area contributed by atoms with Crippen LogP contribution in [0.15, 0.2) is 176 Å². The standard InChI is InChI=1S/C112H158N2O16/c1-8-12-16-20-24-28-32-36-40-44-72-120-98-62-50-91(51-63-98)82-127-106-70-58-95(79-108(106)129-84-93-54-66-100(67-55-93)122-74-46-42-38-34-30-26-22-18-14-10-3)86-125-103-76-97(88-124-102-60-48-90(49-61-102)78-105(114-112(117)119-7)110(115)113-89(5)111(116)118-6)77-104(81-103)126-87-96-59-71-107(128-83-92-52-64-99(65-53-92)121-73-45-41-37-33-29-25-21-17-13-9-2)109(80-96)130-85-94-56-68-101(69-57-94)123-75-47-43-39-35-31-27-23-19-15-11-4/h48-71,76-77,79-81,89,105H,8-47,72-75,78,82-88H2,1-7H3,(H,113,115)(H,114,117). The van der Waals surface area contributed by atoms with Crippen molar-refractivity contribution in [1.29, 1.82) is 0 Å². The molecule has 0 bridgehead atoms. The maximum absolute atomic E-state index is 13.4. The van der Waals surface area contributed by atoms with Crippen LogP contribution in [0.25, 0.3) is 0 Å². The summed E-state index contributed by atoms with van der Waals surface area (Å²) < 4.78 is 81.1. The molecule has 8 aromatic rings. The van der Waals surface area contributed by atoms with Crippen LogP contribution < -0.4 is 62.7 Å². The summed E-state index contributed by atoms with van der Waals surface area (Å²) in [5, 5.41) is 5.21. The molecule has 2 unspecified atom stereocenters. The van der Waals surface area contributed by atoms with Crippen LogP contribution in [0.4, 0.5) is 4.79 Å². The highest BCUT2D eigenvalue weighted by Gasteiger charge is 2.26. The highest BCUT2D eigenvalue weighted by molar-refractivity contribution is 5.89. The van der Waals surface area contributed by atoms with Crippen molar-refractivity contribution in [1.82, 2.24) is 10.6 Å². The van der Waals surface area contributed by atoms with E-state index in [2.05, 4.69) is 86.9 Å². The molecule has 0 heterocycles.